The summed E-state index contributed by atoms with van der Waals surface area (Å²) in [5, 5.41) is 16.3. The molecule has 0 bridgehead atoms. The highest BCUT2D eigenvalue weighted by molar-refractivity contribution is 6.31. The van der Waals surface area contributed by atoms with Gasteiger partial charge in [0, 0.05) is 22.8 Å². The fourth-order valence-corrected chi connectivity index (χ4v) is 4.58. The van der Waals surface area contributed by atoms with E-state index in [2.05, 4.69) is 24.5 Å². The van der Waals surface area contributed by atoms with Crippen molar-refractivity contribution >= 4 is 29.2 Å². The molecule has 3 N–H and O–H groups in total. The molecule has 1 amide bonds. The van der Waals surface area contributed by atoms with Gasteiger partial charge in [-0.1, -0.05) is 105 Å². The largest absolute Gasteiger partial charge is 0.488 e. The summed E-state index contributed by atoms with van der Waals surface area (Å²) in [6, 6.07) is 29.6. The zero-order valence-corrected chi connectivity index (χ0v) is 24.0. The predicted octanol–water partition coefficient (Wildman–Crippen LogP) is 7.99. The minimum atomic E-state index is -1.01. The lowest BCUT2D eigenvalue weighted by atomic mass is 9.98. The summed E-state index contributed by atoms with van der Waals surface area (Å²) in [6.45, 7) is 5.39. The highest BCUT2D eigenvalue weighted by Gasteiger charge is 2.21. The summed E-state index contributed by atoms with van der Waals surface area (Å²) in [7, 11) is 0. The minimum Gasteiger partial charge on any atom is -0.488 e. The molecule has 4 aromatic carbocycles. The van der Waals surface area contributed by atoms with Crippen LogP contribution in [0.15, 0.2) is 97.1 Å². The van der Waals surface area contributed by atoms with Gasteiger partial charge < -0.3 is 20.5 Å². The van der Waals surface area contributed by atoms with Gasteiger partial charge in [-0.25, -0.2) is 0 Å². The molecule has 0 aliphatic carbocycles. The number of carboxylic acids is 1. The Kier molecular flexibility index (Phi) is 10.4. The van der Waals surface area contributed by atoms with Gasteiger partial charge in [0.15, 0.2) is 0 Å². The van der Waals surface area contributed by atoms with Crippen molar-refractivity contribution in [3.8, 4) is 16.9 Å². The van der Waals surface area contributed by atoms with E-state index in [4.69, 9.17) is 16.3 Å². The predicted molar refractivity (Wildman–Crippen MR) is 165 cm³/mol. The van der Waals surface area contributed by atoms with Crippen molar-refractivity contribution in [1.82, 2.24) is 5.32 Å². The van der Waals surface area contributed by atoms with Gasteiger partial charge in [-0.15, -0.1) is 0 Å². The molecule has 4 rings (SSSR count). The molecule has 0 saturated carbocycles. The molecule has 2 atom stereocenters. The molecular weight excluding hydrogens is 536 g/mol. The van der Waals surface area contributed by atoms with Gasteiger partial charge in [-0.3, -0.25) is 9.59 Å². The van der Waals surface area contributed by atoms with E-state index in [0.29, 0.717) is 40.9 Å². The van der Waals surface area contributed by atoms with E-state index in [-0.39, 0.29) is 6.42 Å². The summed E-state index contributed by atoms with van der Waals surface area (Å²) in [4.78, 5) is 25.2. The SMILES string of the molecule is CCC(C)CNc1ccc(Cl)cc1C(=O)NC(CC(=O)O)c1ccc(-c2ccccc2OCc2ccccc2)cc1. The average molecular weight is 571 g/mol. The second-order valence-corrected chi connectivity index (χ2v) is 10.5. The summed E-state index contributed by atoms with van der Waals surface area (Å²) in [6.07, 6.45) is 0.737. The van der Waals surface area contributed by atoms with E-state index in [0.717, 1.165) is 28.9 Å². The Labute approximate surface area is 246 Å². The lowest BCUT2D eigenvalue weighted by Gasteiger charge is -2.20. The van der Waals surface area contributed by atoms with Crippen LogP contribution in [-0.4, -0.2) is 23.5 Å². The van der Waals surface area contributed by atoms with Crippen LogP contribution in [0.2, 0.25) is 5.02 Å². The number of amides is 1. The lowest BCUT2D eigenvalue weighted by Crippen LogP contribution is -2.31. The molecule has 0 spiro atoms. The Bertz CT molecular complexity index is 1460. The first-order valence-electron chi connectivity index (χ1n) is 13.8. The molecule has 212 valence electrons. The number of benzene rings is 4. The zero-order chi connectivity index (χ0) is 29.2. The van der Waals surface area contributed by atoms with E-state index in [1.165, 1.54) is 0 Å². The van der Waals surface area contributed by atoms with Crippen molar-refractivity contribution in [2.24, 2.45) is 5.92 Å². The Morgan fingerprint density at radius 1 is 0.927 bits per heavy atom. The molecule has 4 aromatic rings. The van der Waals surface area contributed by atoms with Gasteiger partial charge in [-0.2, -0.15) is 0 Å². The number of carbonyl (C=O) groups is 2. The van der Waals surface area contributed by atoms with Crippen molar-refractivity contribution in [2.45, 2.75) is 39.3 Å². The lowest BCUT2D eigenvalue weighted by molar-refractivity contribution is -0.137. The molecule has 2 unspecified atom stereocenters. The Morgan fingerprint density at radius 2 is 1.63 bits per heavy atom. The number of hydrogen-bond donors (Lipinski definition) is 3. The maximum Gasteiger partial charge on any atom is 0.305 e. The van der Waals surface area contributed by atoms with Crippen LogP contribution in [0.25, 0.3) is 11.1 Å². The van der Waals surface area contributed by atoms with Crippen molar-refractivity contribution < 1.29 is 19.4 Å². The normalized spacial score (nSPS) is 12.3. The maximum absolute atomic E-state index is 13.4. The van der Waals surface area contributed by atoms with Gasteiger partial charge in [0.05, 0.1) is 18.0 Å². The molecule has 0 aromatic heterocycles. The standard InChI is InChI=1S/C34H35ClN2O4/c1-3-23(2)21-36-30-18-17-27(35)19-29(30)34(40)37-31(20-33(38)39)26-15-13-25(14-16-26)28-11-7-8-12-32(28)41-22-24-9-5-4-6-10-24/h4-19,23,31,36H,3,20-22H2,1-2H3,(H,37,40)(H,38,39). The van der Waals surface area contributed by atoms with Crippen molar-refractivity contribution in [2.75, 3.05) is 11.9 Å². The third-order valence-electron chi connectivity index (χ3n) is 7.00. The first-order valence-corrected chi connectivity index (χ1v) is 14.1. The molecule has 0 aliphatic heterocycles. The number of nitrogens with one attached hydrogen (secondary N) is 2. The number of para-hydroxylation sites is 1. The fraction of sp³-hybridized carbons (Fsp3) is 0.235. The van der Waals surface area contributed by atoms with Crippen LogP contribution >= 0.6 is 11.6 Å². The molecule has 0 aliphatic rings. The Hall–Kier alpha value is -4.29. The topological polar surface area (TPSA) is 87.7 Å². The van der Waals surface area contributed by atoms with Crippen LogP contribution in [0.5, 0.6) is 5.75 Å². The first kappa shape index (κ1) is 29.7. The summed E-state index contributed by atoms with van der Waals surface area (Å²) in [5.41, 5.74) is 4.63. The van der Waals surface area contributed by atoms with Gasteiger partial charge >= 0.3 is 5.97 Å². The van der Waals surface area contributed by atoms with E-state index >= 15 is 0 Å². The zero-order valence-electron chi connectivity index (χ0n) is 23.3. The third-order valence-corrected chi connectivity index (χ3v) is 7.23. The van der Waals surface area contributed by atoms with Gasteiger partial charge in [0.25, 0.3) is 5.91 Å². The monoisotopic (exact) mass is 570 g/mol. The number of hydrogen-bond acceptors (Lipinski definition) is 4. The van der Waals surface area contributed by atoms with Gasteiger partial charge in [0.1, 0.15) is 12.4 Å². The molecule has 0 fully saturated rings. The molecule has 41 heavy (non-hydrogen) atoms. The molecule has 0 saturated heterocycles. The van der Waals surface area contributed by atoms with E-state index in [1.54, 1.807) is 18.2 Å². The average Bonchev–Trinajstić information content (AvgIpc) is 2.99. The first-order chi connectivity index (χ1) is 19.8. The van der Waals surface area contributed by atoms with Crippen LogP contribution in [-0.2, 0) is 11.4 Å². The molecule has 0 heterocycles. The number of carbonyl (C=O) groups excluding carboxylic acids is 1. The second-order valence-electron chi connectivity index (χ2n) is 10.1. The molecule has 6 nitrogen and oxygen atoms in total. The number of aliphatic carboxylic acids is 1. The van der Waals surface area contributed by atoms with E-state index in [9.17, 15) is 14.7 Å². The van der Waals surface area contributed by atoms with Crippen molar-refractivity contribution in [3.63, 3.8) is 0 Å². The highest BCUT2D eigenvalue weighted by Crippen LogP contribution is 2.32. The quantitative estimate of drug-likeness (QED) is 0.152. The van der Waals surface area contributed by atoms with Crippen LogP contribution < -0.4 is 15.4 Å². The van der Waals surface area contributed by atoms with Crippen molar-refractivity contribution in [3.05, 3.63) is 119 Å². The highest BCUT2D eigenvalue weighted by atomic mass is 35.5. The fourth-order valence-electron chi connectivity index (χ4n) is 4.41. The number of rotatable bonds is 13. The van der Waals surface area contributed by atoms with E-state index < -0.39 is 17.9 Å². The number of anilines is 1. The maximum atomic E-state index is 13.4. The smallest absolute Gasteiger partial charge is 0.305 e. The molecule has 7 heteroatoms. The van der Waals surface area contributed by atoms with E-state index in [1.807, 2.05) is 78.9 Å². The van der Waals surface area contributed by atoms with Gasteiger partial charge in [0.2, 0.25) is 0 Å². The molecule has 0 radical (unpaired) electrons. The molecular formula is C34H35ClN2O4. The Balaban J connectivity index is 1.53. The van der Waals surface area contributed by atoms with Crippen molar-refractivity contribution in [1.29, 1.82) is 0 Å². The second kappa shape index (κ2) is 14.4. The van der Waals surface area contributed by atoms with Crippen LogP contribution in [0, 0.1) is 5.92 Å². The Morgan fingerprint density at radius 3 is 2.34 bits per heavy atom. The number of ether oxygens (including phenoxy) is 1. The summed E-state index contributed by atoms with van der Waals surface area (Å²) < 4.78 is 6.12. The van der Waals surface area contributed by atoms with Gasteiger partial charge in [-0.05, 0) is 46.9 Å². The number of halogens is 1. The van der Waals surface area contributed by atoms with Crippen LogP contribution in [0.1, 0.15) is 54.2 Å². The third kappa shape index (κ3) is 8.35. The van der Waals surface area contributed by atoms with Crippen LogP contribution in [0.3, 0.4) is 0 Å². The number of carboxylic acid groups (broad SMARTS) is 1. The minimum absolute atomic E-state index is 0.266. The summed E-state index contributed by atoms with van der Waals surface area (Å²) >= 11 is 6.22. The summed E-state index contributed by atoms with van der Waals surface area (Å²) in [5.74, 6) is -0.235. The van der Waals surface area contributed by atoms with Crippen LogP contribution in [0.4, 0.5) is 5.69 Å².